The number of rotatable bonds is 3. The summed E-state index contributed by atoms with van der Waals surface area (Å²) in [7, 11) is 1.27. The van der Waals surface area contributed by atoms with E-state index >= 15 is 0 Å². The number of phenolic OH excluding ortho intramolecular Hbond substituents is 1. The second-order valence-electron chi connectivity index (χ2n) is 11.8. The Morgan fingerprint density at radius 2 is 1.60 bits per heavy atom. The molecule has 3 heterocycles. The number of ether oxygens (including phenoxy) is 1. The van der Waals surface area contributed by atoms with Gasteiger partial charge in [0.15, 0.2) is 21.3 Å². The number of anilines is 2. The van der Waals surface area contributed by atoms with Crippen molar-refractivity contribution in [2.24, 2.45) is 17.8 Å². The first-order chi connectivity index (χ1) is 20.5. The number of benzene rings is 2. The fraction of sp³-hybridized carbons (Fsp3) is 0.419. The molecule has 43 heavy (non-hydrogen) atoms. The van der Waals surface area contributed by atoms with Crippen molar-refractivity contribution in [3.8, 4) is 5.75 Å². The van der Waals surface area contributed by atoms with E-state index in [0.29, 0.717) is 24.5 Å². The molecular weight excluding hydrogens is 600 g/mol. The van der Waals surface area contributed by atoms with Crippen LogP contribution in [0.1, 0.15) is 24.3 Å². The van der Waals surface area contributed by atoms with Gasteiger partial charge in [0.25, 0.3) is 11.8 Å². The highest BCUT2D eigenvalue weighted by atomic mass is 35.5. The minimum Gasteiger partial charge on any atom is -0.505 e. The van der Waals surface area contributed by atoms with Gasteiger partial charge in [-0.2, -0.15) is 0 Å². The van der Waals surface area contributed by atoms with Gasteiger partial charge in [-0.3, -0.25) is 29.0 Å². The molecule has 4 amide bonds. The van der Waals surface area contributed by atoms with Crippen molar-refractivity contribution in [3.05, 3.63) is 65.5 Å². The van der Waals surface area contributed by atoms with Crippen molar-refractivity contribution < 1.29 is 33.4 Å². The lowest BCUT2D eigenvalue weighted by Crippen LogP contribution is -2.60. The van der Waals surface area contributed by atoms with E-state index in [1.54, 1.807) is 18.2 Å². The minimum absolute atomic E-state index is 0.0156. The highest BCUT2D eigenvalue weighted by Gasteiger charge is 2.76. The zero-order valence-corrected chi connectivity index (χ0v) is 24.6. The zero-order chi connectivity index (χ0) is 30.4. The number of allylic oxidation sites excluding steroid dienone is 2. The Morgan fingerprint density at radius 1 is 0.930 bits per heavy atom. The molecule has 12 heteroatoms. The summed E-state index contributed by atoms with van der Waals surface area (Å²) >= 11 is 14.2. The molecule has 6 atom stereocenters. The van der Waals surface area contributed by atoms with Crippen LogP contribution < -0.4 is 9.80 Å². The number of phenols is 1. The Morgan fingerprint density at radius 3 is 2.30 bits per heavy atom. The van der Waals surface area contributed by atoms with Crippen LogP contribution in [0.4, 0.5) is 15.8 Å². The molecule has 0 radical (unpaired) electrons. The topological polar surface area (TPSA) is 107 Å². The molecule has 2 aromatic carbocycles. The largest absolute Gasteiger partial charge is 0.505 e. The van der Waals surface area contributed by atoms with Gasteiger partial charge in [0.05, 0.1) is 30.7 Å². The lowest BCUT2D eigenvalue weighted by atomic mass is 9.56. The predicted molar refractivity (Wildman–Crippen MR) is 156 cm³/mol. The van der Waals surface area contributed by atoms with Gasteiger partial charge in [-0.05, 0) is 49.1 Å². The number of amides is 4. The number of nitrogens with zero attached hydrogens (tertiary/aromatic N) is 3. The van der Waals surface area contributed by atoms with Crippen molar-refractivity contribution in [1.82, 2.24) is 4.90 Å². The molecule has 0 bridgehead atoms. The average molecular weight is 628 g/mol. The van der Waals surface area contributed by atoms with Crippen molar-refractivity contribution >= 4 is 58.2 Å². The van der Waals surface area contributed by atoms with E-state index in [9.17, 15) is 28.7 Å². The number of halogens is 3. The second-order valence-corrected chi connectivity index (χ2v) is 13.0. The van der Waals surface area contributed by atoms with Gasteiger partial charge in [-0.25, -0.2) is 4.39 Å². The Hall–Kier alpha value is -3.47. The molecular formula is C31H28Cl2FN3O6. The molecule has 224 valence electrons. The zero-order valence-electron chi connectivity index (χ0n) is 23.1. The fourth-order valence-corrected chi connectivity index (χ4v) is 8.75. The fourth-order valence-electron chi connectivity index (χ4n) is 7.74. The van der Waals surface area contributed by atoms with Gasteiger partial charge < -0.3 is 14.7 Å². The first-order valence-electron chi connectivity index (χ1n) is 14.2. The highest BCUT2D eigenvalue weighted by molar-refractivity contribution is 6.53. The number of morpholine rings is 1. The summed E-state index contributed by atoms with van der Waals surface area (Å²) in [5.74, 6) is -7.61. The molecule has 2 aromatic rings. The van der Waals surface area contributed by atoms with Crippen molar-refractivity contribution in [1.29, 1.82) is 0 Å². The molecule has 0 spiro atoms. The van der Waals surface area contributed by atoms with E-state index in [1.807, 2.05) is 12.1 Å². The summed E-state index contributed by atoms with van der Waals surface area (Å²) in [6, 6.07) is 11.1. The average Bonchev–Trinajstić information content (AvgIpc) is 3.34. The summed E-state index contributed by atoms with van der Waals surface area (Å²) in [5, 5.41) is 10.8. The molecule has 1 saturated carbocycles. The predicted octanol–water partition coefficient (Wildman–Crippen LogP) is 3.56. The van der Waals surface area contributed by atoms with E-state index in [2.05, 4.69) is 4.90 Å². The Balaban J connectivity index is 1.30. The third-order valence-electron chi connectivity index (χ3n) is 9.83. The molecule has 0 unspecified atom stereocenters. The molecule has 5 aliphatic rings. The first-order valence-corrected chi connectivity index (χ1v) is 14.9. The number of carbonyl (C=O) groups is 4. The lowest BCUT2D eigenvalue weighted by molar-refractivity contribution is -0.138. The van der Waals surface area contributed by atoms with Crippen LogP contribution in [-0.4, -0.2) is 76.7 Å². The number of likely N-dealkylation sites (tertiary alicyclic amines) is 1. The van der Waals surface area contributed by atoms with Gasteiger partial charge in [-0.1, -0.05) is 23.8 Å². The van der Waals surface area contributed by atoms with E-state index in [4.69, 9.17) is 27.9 Å². The molecule has 7 rings (SSSR count). The molecule has 3 aliphatic heterocycles. The third-order valence-corrected chi connectivity index (χ3v) is 11.2. The van der Waals surface area contributed by atoms with E-state index < -0.39 is 62.7 Å². The number of para-hydroxylation sites is 1. The van der Waals surface area contributed by atoms with Gasteiger partial charge >= 0.3 is 0 Å². The monoisotopic (exact) mass is 627 g/mol. The molecule has 9 nitrogen and oxygen atoms in total. The smallest absolute Gasteiger partial charge is 0.253 e. The van der Waals surface area contributed by atoms with Crippen molar-refractivity contribution in [3.63, 3.8) is 0 Å². The van der Waals surface area contributed by atoms with Crippen LogP contribution in [0.25, 0.3) is 0 Å². The number of fused-ring (bicyclic) bond motifs is 4. The molecule has 0 aromatic heterocycles. The minimum atomic E-state index is -2.10. The van der Waals surface area contributed by atoms with Gasteiger partial charge in [0.2, 0.25) is 11.8 Å². The summed E-state index contributed by atoms with van der Waals surface area (Å²) in [6.45, 7) is 2.72. The normalized spacial score (nSPS) is 33.9. The maximum atomic E-state index is 14.7. The van der Waals surface area contributed by atoms with E-state index in [1.165, 1.54) is 24.1 Å². The Bertz CT molecular complexity index is 1610. The van der Waals surface area contributed by atoms with Crippen LogP contribution in [0.3, 0.4) is 0 Å². The maximum Gasteiger partial charge on any atom is 0.253 e. The third kappa shape index (κ3) is 3.72. The molecule has 2 aliphatic carbocycles. The van der Waals surface area contributed by atoms with E-state index in [0.717, 1.165) is 29.7 Å². The molecule has 3 saturated heterocycles. The molecule has 4 fully saturated rings. The van der Waals surface area contributed by atoms with Crippen LogP contribution >= 0.6 is 23.2 Å². The number of alkyl halides is 2. The summed E-state index contributed by atoms with van der Waals surface area (Å²) < 4.78 is 20.1. The van der Waals surface area contributed by atoms with Gasteiger partial charge in [-0.15, -0.1) is 23.2 Å². The number of carbonyl (C=O) groups excluding carboxylic acids is 4. The van der Waals surface area contributed by atoms with Crippen LogP contribution in [0, 0.1) is 23.6 Å². The van der Waals surface area contributed by atoms with Crippen molar-refractivity contribution in [2.45, 2.75) is 28.5 Å². The van der Waals surface area contributed by atoms with Gasteiger partial charge in [0.1, 0.15) is 0 Å². The Labute approximate surface area is 256 Å². The Kier molecular flexibility index (Phi) is 6.43. The van der Waals surface area contributed by atoms with Crippen LogP contribution in [-0.2, 0) is 23.9 Å². The maximum absolute atomic E-state index is 14.7. The van der Waals surface area contributed by atoms with Crippen molar-refractivity contribution in [2.75, 3.05) is 43.2 Å². The first kappa shape index (κ1) is 28.3. The summed E-state index contributed by atoms with van der Waals surface area (Å²) in [6.07, 6.45) is 1.72. The number of imide groups is 2. The number of hydrogen-bond acceptors (Lipinski definition) is 7. The summed E-state index contributed by atoms with van der Waals surface area (Å²) in [4.78, 5) is 55.1. The SMILES string of the molecule is CN1C(=O)[C@]2(Cl)C[C@@H]3C(=CC[C@@H]4C(=O)N(c5ccc(N6CCOCC6)cc5)C(=O)[C@@H]43)[C@H](c3cccc(F)c3O)[C@]2(Cl)C1=O. The van der Waals surface area contributed by atoms with Crippen LogP contribution in [0.2, 0.25) is 0 Å². The highest BCUT2D eigenvalue weighted by Crippen LogP contribution is 2.66. The second kappa shape index (κ2) is 9.77. The summed E-state index contributed by atoms with van der Waals surface area (Å²) in [5.41, 5.74) is 1.85. The number of aromatic hydroxyl groups is 1. The van der Waals surface area contributed by atoms with E-state index in [-0.39, 0.29) is 24.3 Å². The van der Waals surface area contributed by atoms with Gasteiger partial charge in [0, 0.05) is 37.3 Å². The van der Waals surface area contributed by atoms with Crippen LogP contribution in [0.5, 0.6) is 5.75 Å². The van der Waals surface area contributed by atoms with Crippen LogP contribution in [0.15, 0.2) is 54.1 Å². The lowest BCUT2D eigenvalue weighted by Gasteiger charge is -2.50. The standard InChI is InChI=1S/C31H28Cl2FN3O6/c1-35-28(41)30(32)15-21-18(24(31(30,33)29(35)42)20-3-2-4-22(34)25(20)38)9-10-19-23(21)27(40)37(26(19)39)17-7-5-16(6-8-17)36-11-13-43-14-12-36/h2-9,19,21,23-24,38H,10-15H2,1H3/t19-,21+,23-,24+,30+,31-/m0/s1. The quantitative estimate of drug-likeness (QED) is 0.315. The molecule has 1 N–H and O–H groups in total. The number of hydrogen-bond donors (Lipinski definition) is 1.